The van der Waals surface area contributed by atoms with Crippen LogP contribution in [0.1, 0.15) is 16.7 Å². The smallest absolute Gasteiger partial charge is 0.161 e. The summed E-state index contributed by atoms with van der Waals surface area (Å²) in [6.07, 6.45) is 0.962. The zero-order valence-electron chi connectivity index (χ0n) is 15.2. The standard InChI is InChI=1S/C22H23NO3/c1-25-20-11-16-9-10-23(14-18(16)12-21(20)26-2)13-17-8-7-15-5-3-4-6-19(15)22(17)24/h3-8,11-12,24H,9-10,13-14H2,1-2H3. The van der Waals surface area contributed by atoms with E-state index < -0.39 is 0 Å². The molecule has 1 heterocycles. The van der Waals surface area contributed by atoms with Crippen molar-refractivity contribution in [1.82, 2.24) is 4.90 Å². The van der Waals surface area contributed by atoms with Crippen LogP contribution in [0.2, 0.25) is 0 Å². The van der Waals surface area contributed by atoms with Crippen molar-refractivity contribution in [2.75, 3.05) is 20.8 Å². The van der Waals surface area contributed by atoms with Crippen molar-refractivity contribution in [3.63, 3.8) is 0 Å². The number of phenols is 1. The predicted molar refractivity (Wildman–Crippen MR) is 103 cm³/mol. The van der Waals surface area contributed by atoms with Gasteiger partial charge >= 0.3 is 0 Å². The highest BCUT2D eigenvalue weighted by Gasteiger charge is 2.20. The largest absolute Gasteiger partial charge is 0.507 e. The Labute approximate surface area is 153 Å². The van der Waals surface area contributed by atoms with Crippen LogP contribution in [0.5, 0.6) is 17.2 Å². The Morgan fingerprint density at radius 1 is 0.962 bits per heavy atom. The fraction of sp³-hybridized carbons (Fsp3) is 0.273. The van der Waals surface area contributed by atoms with E-state index in [0.717, 1.165) is 53.9 Å². The third kappa shape index (κ3) is 2.97. The summed E-state index contributed by atoms with van der Waals surface area (Å²) < 4.78 is 10.8. The van der Waals surface area contributed by atoms with Crippen molar-refractivity contribution in [2.24, 2.45) is 0 Å². The van der Waals surface area contributed by atoms with Gasteiger partial charge < -0.3 is 14.6 Å². The number of fused-ring (bicyclic) bond motifs is 2. The number of nitrogens with zero attached hydrogens (tertiary/aromatic N) is 1. The van der Waals surface area contributed by atoms with Crippen LogP contribution in [-0.2, 0) is 19.5 Å². The van der Waals surface area contributed by atoms with Crippen LogP contribution in [0, 0.1) is 0 Å². The van der Waals surface area contributed by atoms with Crippen LogP contribution < -0.4 is 9.47 Å². The quantitative estimate of drug-likeness (QED) is 0.769. The summed E-state index contributed by atoms with van der Waals surface area (Å²) in [6.45, 7) is 2.52. The van der Waals surface area contributed by atoms with Crippen molar-refractivity contribution in [3.8, 4) is 17.2 Å². The van der Waals surface area contributed by atoms with Crippen molar-refractivity contribution in [1.29, 1.82) is 0 Å². The summed E-state index contributed by atoms with van der Waals surface area (Å²) in [6, 6.07) is 16.2. The molecule has 0 amide bonds. The van der Waals surface area contributed by atoms with Crippen LogP contribution >= 0.6 is 0 Å². The molecule has 4 heteroatoms. The Balaban J connectivity index is 1.59. The number of phenolic OH excluding ortho intramolecular Hbond substituents is 1. The first-order valence-electron chi connectivity index (χ1n) is 8.85. The molecule has 0 saturated heterocycles. The van der Waals surface area contributed by atoms with Gasteiger partial charge in [0.25, 0.3) is 0 Å². The van der Waals surface area contributed by atoms with Gasteiger partial charge in [0.15, 0.2) is 11.5 Å². The summed E-state index contributed by atoms with van der Waals surface area (Å²) >= 11 is 0. The highest BCUT2D eigenvalue weighted by molar-refractivity contribution is 5.89. The van der Waals surface area contributed by atoms with Gasteiger partial charge in [-0.05, 0) is 35.1 Å². The summed E-state index contributed by atoms with van der Waals surface area (Å²) in [5, 5.41) is 12.6. The number of hydrogen-bond acceptors (Lipinski definition) is 4. The van der Waals surface area contributed by atoms with Crippen LogP contribution in [0.3, 0.4) is 0 Å². The van der Waals surface area contributed by atoms with E-state index in [2.05, 4.69) is 23.1 Å². The number of aromatic hydroxyl groups is 1. The maximum absolute atomic E-state index is 10.7. The molecule has 1 aliphatic rings. The van der Waals surface area contributed by atoms with E-state index >= 15 is 0 Å². The lowest BCUT2D eigenvalue weighted by Crippen LogP contribution is -2.30. The minimum atomic E-state index is 0.390. The third-order valence-corrected chi connectivity index (χ3v) is 5.18. The van der Waals surface area contributed by atoms with Crippen molar-refractivity contribution in [3.05, 3.63) is 65.2 Å². The monoisotopic (exact) mass is 349 g/mol. The first-order chi connectivity index (χ1) is 12.7. The lowest BCUT2D eigenvalue weighted by Gasteiger charge is -2.29. The SMILES string of the molecule is COc1cc2c(cc1OC)CN(Cc1ccc3ccccc3c1O)CC2. The van der Waals surface area contributed by atoms with Gasteiger partial charge in [-0.1, -0.05) is 36.4 Å². The number of hydrogen-bond donors (Lipinski definition) is 1. The van der Waals surface area contributed by atoms with Gasteiger partial charge in [-0.15, -0.1) is 0 Å². The van der Waals surface area contributed by atoms with Gasteiger partial charge in [0.05, 0.1) is 14.2 Å². The molecule has 4 nitrogen and oxygen atoms in total. The van der Waals surface area contributed by atoms with Gasteiger partial charge in [-0.2, -0.15) is 0 Å². The van der Waals surface area contributed by atoms with Gasteiger partial charge in [0, 0.05) is 30.6 Å². The molecule has 3 aromatic carbocycles. The fourth-order valence-corrected chi connectivity index (χ4v) is 3.75. The molecule has 0 bridgehead atoms. The number of methoxy groups -OCH3 is 2. The van der Waals surface area contributed by atoms with Crippen LogP contribution in [0.25, 0.3) is 10.8 Å². The maximum Gasteiger partial charge on any atom is 0.161 e. The number of benzene rings is 3. The van der Waals surface area contributed by atoms with Crippen molar-refractivity contribution < 1.29 is 14.6 Å². The molecule has 26 heavy (non-hydrogen) atoms. The molecule has 0 spiro atoms. The molecular weight excluding hydrogens is 326 g/mol. The summed E-state index contributed by atoms with van der Waals surface area (Å²) in [7, 11) is 3.33. The molecule has 0 unspecified atom stereocenters. The Morgan fingerprint density at radius 3 is 2.46 bits per heavy atom. The second-order valence-electron chi connectivity index (χ2n) is 6.73. The molecule has 1 aliphatic heterocycles. The van der Waals surface area contributed by atoms with E-state index in [9.17, 15) is 5.11 Å². The van der Waals surface area contributed by atoms with E-state index in [-0.39, 0.29) is 0 Å². The molecule has 4 rings (SSSR count). The molecule has 0 saturated carbocycles. The molecule has 0 aromatic heterocycles. The molecule has 0 aliphatic carbocycles. The zero-order chi connectivity index (χ0) is 18.1. The molecule has 0 fully saturated rings. The lowest BCUT2D eigenvalue weighted by molar-refractivity contribution is 0.241. The predicted octanol–water partition coefficient (Wildman–Crippen LogP) is 4.12. The average Bonchev–Trinajstić information content (AvgIpc) is 2.69. The van der Waals surface area contributed by atoms with E-state index in [0.29, 0.717) is 5.75 Å². The maximum atomic E-state index is 10.7. The molecule has 0 atom stereocenters. The van der Waals surface area contributed by atoms with Gasteiger partial charge in [-0.3, -0.25) is 4.90 Å². The second kappa shape index (κ2) is 6.89. The minimum Gasteiger partial charge on any atom is -0.507 e. The number of ether oxygens (including phenoxy) is 2. The van der Waals surface area contributed by atoms with E-state index in [1.54, 1.807) is 14.2 Å². The average molecular weight is 349 g/mol. The van der Waals surface area contributed by atoms with Gasteiger partial charge in [0.1, 0.15) is 5.75 Å². The molecule has 0 radical (unpaired) electrons. The molecule has 3 aromatic rings. The van der Waals surface area contributed by atoms with Crippen molar-refractivity contribution >= 4 is 10.8 Å². The summed E-state index contributed by atoms with van der Waals surface area (Å²) in [5.41, 5.74) is 3.53. The van der Waals surface area contributed by atoms with E-state index in [4.69, 9.17) is 9.47 Å². The Kier molecular flexibility index (Phi) is 4.43. The van der Waals surface area contributed by atoms with Crippen LogP contribution in [0.4, 0.5) is 0 Å². The zero-order valence-corrected chi connectivity index (χ0v) is 15.2. The number of rotatable bonds is 4. The normalized spacial score (nSPS) is 14.2. The summed E-state index contributed by atoms with van der Waals surface area (Å²) in [4.78, 5) is 2.36. The van der Waals surface area contributed by atoms with E-state index in [1.165, 1.54) is 11.1 Å². The molecule has 134 valence electrons. The third-order valence-electron chi connectivity index (χ3n) is 5.18. The first kappa shape index (κ1) is 16.7. The highest BCUT2D eigenvalue weighted by Crippen LogP contribution is 2.35. The first-order valence-corrected chi connectivity index (χ1v) is 8.85. The Morgan fingerprint density at radius 2 is 1.69 bits per heavy atom. The van der Waals surface area contributed by atoms with Gasteiger partial charge in [0.2, 0.25) is 0 Å². The van der Waals surface area contributed by atoms with Crippen LogP contribution in [-0.4, -0.2) is 30.8 Å². The molecule has 1 N–H and O–H groups in total. The highest BCUT2D eigenvalue weighted by atomic mass is 16.5. The fourth-order valence-electron chi connectivity index (χ4n) is 3.75. The lowest BCUT2D eigenvalue weighted by atomic mass is 9.98. The van der Waals surface area contributed by atoms with Crippen LogP contribution in [0.15, 0.2) is 48.5 Å². The topological polar surface area (TPSA) is 41.9 Å². The van der Waals surface area contributed by atoms with Crippen molar-refractivity contribution in [2.45, 2.75) is 19.5 Å². The second-order valence-corrected chi connectivity index (χ2v) is 6.73. The summed E-state index contributed by atoms with van der Waals surface area (Å²) in [5.74, 6) is 1.94. The minimum absolute atomic E-state index is 0.390. The molecular formula is C22H23NO3. The Hall–Kier alpha value is -2.72. The Bertz CT molecular complexity index is 952. The van der Waals surface area contributed by atoms with E-state index in [1.807, 2.05) is 30.3 Å². The van der Waals surface area contributed by atoms with Gasteiger partial charge in [-0.25, -0.2) is 0 Å².